The number of hydrogen-bond donors (Lipinski definition) is 1. The monoisotopic (exact) mass is 511 g/mol. The van der Waals surface area contributed by atoms with Crippen molar-refractivity contribution in [2.24, 2.45) is 0 Å². The molecule has 0 unspecified atom stereocenters. The quantitative estimate of drug-likeness (QED) is 0.568. The third-order valence-corrected chi connectivity index (χ3v) is 6.33. The van der Waals surface area contributed by atoms with Crippen LogP contribution in [0.5, 0.6) is 0 Å². The summed E-state index contributed by atoms with van der Waals surface area (Å²) in [6.45, 7) is 0. The van der Waals surface area contributed by atoms with Crippen LogP contribution in [0.15, 0.2) is 19.6 Å². The predicted molar refractivity (Wildman–Crippen MR) is 93.5 cm³/mol. The summed E-state index contributed by atoms with van der Waals surface area (Å²) in [4.78, 5) is 9.06. The van der Waals surface area contributed by atoms with Gasteiger partial charge in [0.1, 0.15) is 5.82 Å². The van der Waals surface area contributed by atoms with E-state index in [1.165, 1.54) is 25.7 Å². The number of furan rings is 1. The number of aromatic nitrogens is 2. The van der Waals surface area contributed by atoms with Gasteiger partial charge in [0.2, 0.25) is 0 Å². The van der Waals surface area contributed by atoms with Crippen molar-refractivity contribution in [1.82, 2.24) is 9.97 Å². The average molecular weight is 513 g/mol. The largest absolute Gasteiger partial charge is 0.445 e. The third-order valence-electron chi connectivity index (χ3n) is 3.51. The first-order chi connectivity index (χ1) is 9.56. The van der Waals surface area contributed by atoms with Crippen LogP contribution < -0.4 is 5.73 Å². The van der Waals surface area contributed by atoms with E-state index >= 15 is 0 Å². The van der Waals surface area contributed by atoms with Crippen molar-refractivity contribution in [3.05, 3.63) is 24.5 Å². The Morgan fingerprint density at radius 1 is 1.25 bits per heavy atom. The standard InChI is InChI=1S/C13H12Br2IN3O/c14-7-5-8(20-11(7)15)13-18-10(6-3-1-2-4-6)9(16)12(17)19-13/h5-6H,1-4H2,(H2,17,18,19). The van der Waals surface area contributed by atoms with Gasteiger partial charge < -0.3 is 10.2 Å². The van der Waals surface area contributed by atoms with Gasteiger partial charge in [-0.3, -0.25) is 0 Å². The van der Waals surface area contributed by atoms with E-state index in [0.717, 1.165) is 13.7 Å². The molecule has 2 aromatic heterocycles. The first-order valence-corrected chi connectivity index (χ1v) is 9.01. The molecule has 0 atom stereocenters. The number of nitrogens with zero attached hydrogens (tertiary/aromatic N) is 2. The maximum absolute atomic E-state index is 6.05. The van der Waals surface area contributed by atoms with Crippen LogP contribution in [0, 0.1) is 3.57 Å². The van der Waals surface area contributed by atoms with Gasteiger partial charge in [-0.15, -0.1) is 0 Å². The van der Waals surface area contributed by atoms with Gasteiger partial charge in [0.05, 0.1) is 13.7 Å². The zero-order chi connectivity index (χ0) is 14.3. The second-order valence-electron chi connectivity index (χ2n) is 4.85. The van der Waals surface area contributed by atoms with Gasteiger partial charge in [-0.05, 0) is 67.3 Å². The van der Waals surface area contributed by atoms with Crippen LogP contribution in [0.1, 0.15) is 37.3 Å². The van der Waals surface area contributed by atoms with E-state index in [9.17, 15) is 0 Å². The highest BCUT2D eigenvalue weighted by Gasteiger charge is 2.24. The fraction of sp³-hybridized carbons (Fsp3) is 0.385. The highest BCUT2D eigenvalue weighted by atomic mass is 127. The van der Waals surface area contributed by atoms with Crippen molar-refractivity contribution in [2.45, 2.75) is 31.6 Å². The molecular formula is C13H12Br2IN3O. The SMILES string of the molecule is Nc1nc(-c2cc(Br)c(Br)o2)nc(C2CCCC2)c1I. The molecule has 0 aliphatic heterocycles. The zero-order valence-corrected chi connectivity index (χ0v) is 15.8. The molecule has 20 heavy (non-hydrogen) atoms. The molecule has 1 aliphatic carbocycles. The Balaban J connectivity index is 2.08. The first-order valence-electron chi connectivity index (χ1n) is 6.34. The lowest BCUT2D eigenvalue weighted by Crippen LogP contribution is -2.07. The Hall–Kier alpha value is -0.150. The second kappa shape index (κ2) is 5.92. The van der Waals surface area contributed by atoms with E-state index in [-0.39, 0.29) is 0 Å². The summed E-state index contributed by atoms with van der Waals surface area (Å²) in [5, 5.41) is 0. The number of hydrogen-bond acceptors (Lipinski definition) is 4. The van der Waals surface area contributed by atoms with Crippen LogP contribution in [-0.2, 0) is 0 Å². The number of nitrogens with two attached hydrogens (primary N) is 1. The van der Waals surface area contributed by atoms with E-state index in [1.54, 1.807) is 0 Å². The molecule has 1 fully saturated rings. The molecule has 0 bridgehead atoms. The third kappa shape index (κ3) is 2.76. The number of anilines is 1. The Kier molecular flexibility index (Phi) is 4.37. The molecule has 2 N–H and O–H groups in total. The molecule has 106 valence electrons. The van der Waals surface area contributed by atoms with Gasteiger partial charge in [0.25, 0.3) is 0 Å². The summed E-state index contributed by atoms with van der Waals surface area (Å²) in [7, 11) is 0. The van der Waals surface area contributed by atoms with Crippen molar-refractivity contribution < 1.29 is 4.42 Å². The lowest BCUT2D eigenvalue weighted by molar-refractivity contribution is 0.548. The molecule has 0 radical (unpaired) electrons. The topological polar surface area (TPSA) is 64.9 Å². The Morgan fingerprint density at radius 2 is 1.95 bits per heavy atom. The van der Waals surface area contributed by atoms with Crippen LogP contribution in [0.4, 0.5) is 5.82 Å². The fourth-order valence-corrected chi connectivity index (χ4v) is 3.78. The summed E-state index contributed by atoms with van der Waals surface area (Å²) in [6, 6.07) is 1.85. The molecule has 0 saturated heterocycles. The molecule has 0 aromatic carbocycles. The maximum Gasteiger partial charge on any atom is 0.198 e. The van der Waals surface area contributed by atoms with Crippen LogP contribution >= 0.6 is 54.5 Å². The fourth-order valence-electron chi connectivity index (χ4n) is 2.52. The highest BCUT2D eigenvalue weighted by Crippen LogP contribution is 2.38. The van der Waals surface area contributed by atoms with Gasteiger partial charge in [0, 0.05) is 12.0 Å². The molecule has 0 amide bonds. The van der Waals surface area contributed by atoms with Crippen molar-refractivity contribution >= 4 is 60.3 Å². The molecule has 2 heterocycles. The van der Waals surface area contributed by atoms with Gasteiger partial charge in [-0.25, -0.2) is 9.97 Å². The lowest BCUT2D eigenvalue weighted by Gasteiger charge is -2.13. The lowest BCUT2D eigenvalue weighted by atomic mass is 10.0. The number of nitrogen functional groups attached to an aromatic ring is 1. The summed E-state index contributed by atoms with van der Waals surface area (Å²) in [6.07, 6.45) is 4.88. The van der Waals surface area contributed by atoms with E-state index in [4.69, 9.17) is 15.1 Å². The van der Waals surface area contributed by atoms with Crippen molar-refractivity contribution in [3.8, 4) is 11.6 Å². The van der Waals surface area contributed by atoms with Gasteiger partial charge in [-0.2, -0.15) is 0 Å². The van der Waals surface area contributed by atoms with Crippen molar-refractivity contribution in [3.63, 3.8) is 0 Å². The number of rotatable bonds is 2. The zero-order valence-electron chi connectivity index (χ0n) is 10.5. The molecule has 0 spiro atoms. The Morgan fingerprint density at radius 3 is 2.55 bits per heavy atom. The van der Waals surface area contributed by atoms with Crippen LogP contribution in [0.2, 0.25) is 0 Å². The minimum absolute atomic E-state index is 0.493. The Labute approximate surface area is 147 Å². The summed E-state index contributed by atoms with van der Waals surface area (Å²) < 4.78 is 8.05. The highest BCUT2D eigenvalue weighted by molar-refractivity contribution is 14.1. The minimum Gasteiger partial charge on any atom is -0.445 e. The van der Waals surface area contributed by atoms with E-state index in [0.29, 0.717) is 28.0 Å². The van der Waals surface area contributed by atoms with Crippen LogP contribution in [0.3, 0.4) is 0 Å². The summed E-state index contributed by atoms with van der Waals surface area (Å²) >= 11 is 8.97. The maximum atomic E-state index is 6.05. The molecular weight excluding hydrogens is 501 g/mol. The summed E-state index contributed by atoms with van der Waals surface area (Å²) in [5.74, 6) is 2.19. The number of halogens is 3. The van der Waals surface area contributed by atoms with Crippen molar-refractivity contribution in [2.75, 3.05) is 5.73 Å². The average Bonchev–Trinajstić information content (AvgIpc) is 3.04. The molecule has 1 aliphatic rings. The molecule has 4 nitrogen and oxygen atoms in total. The van der Waals surface area contributed by atoms with Crippen LogP contribution in [-0.4, -0.2) is 9.97 Å². The van der Waals surface area contributed by atoms with Gasteiger partial charge in [-0.1, -0.05) is 12.8 Å². The van der Waals surface area contributed by atoms with Gasteiger partial charge >= 0.3 is 0 Å². The minimum atomic E-state index is 0.493. The van der Waals surface area contributed by atoms with Gasteiger partial charge in [0.15, 0.2) is 16.3 Å². The van der Waals surface area contributed by atoms with E-state index < -0.39 is 0 Å². The Bertz CT molecular complexity index is 634. The second-order valence-corrected chi connectivity index (χ2v) is 7.50. The van der Waals surface area contributed by atoms with Crippen molar-refractivity contribution in [1.29, 1.82) is 0 Å². The predicted octanol–water partition coefficient (Wildman–Crippen LogP) is 5.11. The smallest absolute Gasteiger partial charge is 0.198 e. The van der Waals surface area contributed by atoms with E-state index in [1.807, 2.05) is 6.07 Å². The van der Waals surface area contributed by atoms with Crippen LogP contribution in [0.25, 0.3) is 11.6 Å². The first kappa shape index (κ1) is 14.8. The molecule has 2 aromatic rings. The normalized spacial score (nSPS) is 15.9. The molecule has 1 saturated carbocycles. The molecule has 3 rings (SSSR count). The molecule has 7 heteroatoms. The van der Waals surface area contributed by atoms with E-state index in [2.05, 4.69) is 59.4 Å². The summed E-state index contributed by atoms with van der Waals surface area (Å²) in [5.41, 5.74) is 7.11.